The first-order valence-corrected chi connectivity index (χ1v) is 7.89. The predicted molar refractivity (Wildman–Crippen MR) is 73.7 cm³/mol. The van der Waals surface area contributed by atoms with E-state index in [1.807, 2.05) is 6.92 Å². The average Bonchev–Trinajstić information content (AvgIpc) is 2.89. The van der Waals surface area contributed by atoms with Crippen LogP contribution in [0.3, 0.4) is 0 Å². The third kappa shape index (κ3) is 3.39. The van der Waals surface area contributed by atoms with E-state index >= 15 is 0 Å². The van der Waals surface area contributed by atoms with Crippen LogP contribution >= 0.6 is 11.6 Å². The van der Waals surface area contributed by atoms with Gasteiger partial charge in [-0.15, -0.1) is 0 Å². The van der Waals surface area contributed by atoms with Gasteiger partial charge in [-0.05, 0) is 18.2 Å². The largest absolute Gasteiger partial charge is 0.338 e. The Morgan fingerprint density at radius 2 is 2.14 bits per heavy atom. The first-order valence-electron chi connectivity index (χ1n) is 6.07. The summed E-state index contributed by atoms with van der Waals surface area (Å²) in [5, 5.41) is 3.44. The normalized spacial score (nSPS) is 12.0. The number of halogens is 2. The first kappa shape index (κ1) is 15.9. The van der Waals surface area contributed by atoms with Gasteiger partial charge in [-0.2, -0.15) is 9.29 Å². The molecule has 9 heteroatoms. The topological polar surface area (TPSA) is 76.3 Å². The zero-order valence-electron chi connectivity index (χ0n) is 11.4. The predicted octanol–water partition coefficient (Wildman–Crippen LogP) is 2.25. The van der Waals surface area contributed by atoms with Crippen molar-refractivity contribution in [2.75, 3.05) is 7.05 Å². The molecule has 1 aromatic carbocycles. The molecule has 0 aliphatic rings. The summed E-state index contributed by atoms with van der Waals surface area (Å²) in [5.74, 6) is 0.00881. The molecule has 0 bridgehead atoms. The van der Waals surface area contributed by atoms with Gasteiger partial charge in [0.15, 0.2) is 5.82 Å². The van der Waals surface area contributed by atoms with Crippen molar-refractivity contribution in [3.8, 4) is 0 Å². The van der Waals surface area contributed by atoms with Crippen molar-refractivity contribution >= 4 is 21.6 Å². The lowest BCUT2D eigenvalue weighted by Gasteiger charge is -2.15. The summed E-state index contributed by atoms with van der Waals surface area (Å²) in [4.78, 5) is 3.93. The Morgan fingerprint density at radius 3 is 2.71 bits per heavy atom. The molecular formula is C12H13ClFN3O3S. The summed E-state index contributed by atoms with van der Waals surface area (Å²) in [6, 6.07) is 3.22. The second kappa shape index (κ2) is 6.08. The van der Waals surface area contributed by atoms with Crippen LogP contribution in [-0.4, -0.2) is 29.9 Å². The van der Waals surface area contributed by atoms with Crippen LogP contribution in [0.1, 0.15) is 18.6 Å². The van der Waals surface area contributed by atoms with Crippen LogP contribution in [0.25, 0.3) is 0 Å². The average molecular weight is 334 g/mol. The van der Waals surface area contributed by atoms with E-state index in [-0.39, 0.29) is 22.4 Å². The standard InChI is InChI=1S/C12H13ClFN3O3S/c1-3-11-15-12(20-16-11)7-17(2)21(18,19)8-4-5-10(14)9(13)6-8/h4-6H,3,7H2,1-2H3. The van der Waals surface area contributed by atoms with Crippen LogP contribution < -0.4 is 0 Å². The van der Waals surface area contributed by atoms with Gasteiger partial charge in [-0.1, -0.05) is 23.7 Å². The van der Waals surface area contributed by atoms with E-state index < -0.39 is 15.8 Å². The maximum atomic E-state index is 13.1. The summed E-state index contributed by atoms with van der Waals surface area (Å²) in [5.41, 5.74) is 0. The van der Waals surface area contributed by atoms with Crippen LogP contribution in [0.15, 0.2) is 27.6 Å². The number of aryl methyl sites for hydroxylation is 1. The van der Waals surface area contributed by atoms with Gasteiger partial charge in [0.1, 0.15) is 5.82 Å². The Bertz CT molecular complexity index is 748. The van der Waals surface area contributed by atoms with Gasteiger partial charge in [0.05, 0.1) is 16.5 Å². The molecule has 1 heterocycles. The highest BCUT2D eigenvalue weighted by atomic mass is 35.5. The van der Waals surface area contributed by atoms with Crippen molar-refractivity contribution in [2.45, 2.75) is 24.8 Å². The molecule has 2 rings (SSSR count). The molecule has 0 saturated carbocycles. The number of rotatable bonds is 5. The molecule has 2 aromatic rings. The number of hydrogen-bond donors (Lipinski definition) is 0. The molecular weight excluding hydrogens is 321 g/mol. The van der Waals surface area contributed by atoms with Gasteiger partial charge in [-0.3, -0.25) is 0 Å². The van der Waals surface area contributed by atoms with Gasteiger partial charge in [0, 0.05) is 13.5 Å². The maximum absolute atomic E-state index is 13.1. The molecule has 0 atom stereocenters. The van der Waals surface area contributed by atoms with Gasteiger partial charge < -0.3 is 4.52 Å². The van der Waals surface area contributed by atoms with Crippen molar-refractivity contribution < 1.29 is 17.3 Å². The molecule has 0 unspecified atom stereocenters. The number of nitrogens with zero attached hydrogens (tertiary/aromatic N) is 3. The van der Waals surface area contributed by atoms with E-state index in [1.165, 1.54) is 7.05 Å². The third-order valence-electron chi connectivity index (χ3n) is 2.78. The van der Waals surface area contributed by atoms with Crippen molar-refractivity contribution in [1.82, 2.24) is 14.4 Å². The van der Waals surface area contributed by atoms with Gasteiger partial charge in [-0.25, -0.2) is 12.8 Å². The molecule has 21 heavy (non-hydrogen) atoms. The quantitative estimate of drug-likeness (QED) is 0.838. The van der Waals surface area contributed by atoms with Crippen LogP contribution in [0.5, 0.6) is 0 Å². The van der Waals surface area contributed by atoms with Crippen molar-refractivity contribution in [3.63, 3.8) is 0 Å². The summed E-state index contributed by atoms with van der Waals surface area (Å²) in [6.07, 6.45) is 0.591. The molecule has 114 valence electrons. The minimum Gasteiger partial charge on any atom is -0.338 e. The molecule has 1 aromatic heterocycles. The van der Waals surface area contributed by atoms with Crippen molar-refractivity contribution in [3.05, 3.63) is 40.8 Å². The SMILES string of the molecule is CCc1noc(CN(C)S(=O)(=O)c2ccc(F)c(Cl)c2)n1. The van der Waals surface area contributed by atoms with Crippen LogP contribution in [-0.2, 0) is 23.0 Å². The molecule has 6 nitrogen and oxygen atoms in total. The van der Waals surface area contributed by atoms with E-state index in [4.69, 9.17) is 16.1 Å². The van der Waals surface area contributed by atoms with Crippen LogP contribution in [0.4, 0.5) is 4.39 Å². The summed E-state index contributed by atoms with van der Waals surface area (Å²) in [7, 11) is -2.46. The lowest BCUT2D eigenvalue weighted by Crippen LogP contribution is -2.26. The van der Waals surface area contributed by atoms with Gasteiger partial charge >= 0.3 is 0 Å². The Labute approximate surface area is 126 Å². The zero-order valence-corrected chi connectivity index (χ0v) is 12.9. The Hall–Kier alpha value is -1.51. The minimum absolute atomic E-state index is 0.0790. The maximum Gasteiger partial charge on any atom is 0.243 e. The number of benzene rings is 1. The van der Waals surface area contributed by atoms with Gasteiger partial charge in [0.25, 0.3) is 0 Å². The number of aromatic nitrogens is 2. The van der Waals surface area contributed by atoms with E-state index in [1.54, 1.807) is 0 Å². The van der Waals surface area contributed by atoms with Crippen molar-refractivity contribution in [1.29, 1.82) is 0 Å². The van der Waals surface area contributed by atoms with E-state index in [2.05, 4.69) is 10.1 Å². The molecule has 0 aliphatic heterocycles. The molecule has 0 spiro atoms. The van der Waals surface area contributed by atoms with E-state index in [9.17, 15) is 12.8 Å². The lowest BCUT2D eigenvalue weighted by molar-refractivity contribution is 0.334. The number of sulfonamides is 1. The molecule has 0 radical (unpaired) electrons. The highest BCUT2D eigenvalue weighted by Crippen LogP contribution is 2.22. The van der Waals surface area contributed by atoms with Gasteiger partial charge in [0.2, 0.25) is 15.9 Å². The molecule has 0 saturated heterocycles. The fourth-order valence-electron chi connectivity index (χ4n) is 1.59. The molecule has 0 fully saturated rings. The highest BCUT2D eigenvalue weighted by Gasteiger charge is 2.23. The smallest absolute Gasteiger partial charge is 0.243 e. The molecule has 0 N–H and O–H groups in total. The minimum atomic E-state index is -3.82. The fraction of sp³-hybridized carbons (Fsp3) is 0.333. The Kier molecular flexibility index (Phi) is 4.60. The van der Waals surface area contributed by atoms with E-state index in [0.717, 1.165) is 22.5 Å². The highest BCUT2D eigenvalue weighted by molar-refractivity contribution is 7.89. The second-order valence-corrected chi connectivity index (χ2v) is 6.75. The van der Waals surface area contributed by atoms with E-state index in [0.29, 0.717) is 12.2 Å². The summed E-state index contributed by atoms with van der Waals surface area (Å²) >= 11 is 5.61. The summed E-state index contributed by atoms with van der Waals surface area (Å²) in [6.45, 7) is 1.78. The fourth-order valence-corrected chi connectivity index (χ4v) is 2.98. The number of hydrogen-bond acceptors (Lipinski definition) is 5. The van der Waals surface area contributed by atoms with Crippen molar-refractivity contribution in [2.24, 2.45) is 0 Å². The first-order chi connectivity index (χ1) is 9.84. The molecule has 0 aliphatic carbocycles. The Balaban J connectivity index is 2.23. The summed E-state index contributed by atoms with van der Waals surface area (Å²) < 4.78 is 43.7. The Morgan fingerprint density at radius 1 is 1.43 bits per heavy atom. The van der Waals surface area contributed by atoms with Crippen LogP contribution in [0.2, 0.25) is 5.02 Å². The monoisotopic (exact) mass is 333 g/mol. The lowest BCUT2D eigenvalue weighted by atomic mass is 10.3. The zero-order chi connectivity index (χ0) is 15.6. The van der Waals surface area contributed by atoms with Crippen LogP contribution in [0, 0.1) is 5.82 Å². The third-order valence-corrected chi connectivity index (χ3v) is 4.87. The molecule has 0 amide bonds. The second-order valence-electron chi connectivity index (χ2n) is 4.29.